The van der Waals surface area contributed by atoms with Crippen LogP contribution in [0.4, 0.5) is 0 Å². The average molecular weight is 1030 g/mol. The summed E-state index contributed by atoms with van der Waals surface area (Å²) in [6.07, 6.45) is 79.1. The van der Waals surface area contributed by atoms with E-state index in [9.17, 15) is 19.8 Å². The molecular formula is C67H127NO5. The van der Waals surface area contributed by atoms with Gasteiger partial charge in [-0.1, -0.05) is 294 Å². The van der Waals surface area contributed by atoms with Crippen LogP contribution < -0.4 is 5.32 Å². The van der Waals surface area contributed by atoms with E-state index in [1.807, 2.05) is 6.08 Å². The minimum Gasteiger partial charge on any atom is -0.466 e. The van der Waals surface area contributed by atoms with E-state index in [0.29, 0.717) is 19.4 Å². The molecule has 0 fully saturated rings. The number of carbonyl (C=O) groups excluding carboxylic acids is 2. The van der Waals surface area contributed by atoms with Crippen molar-refractivity contribution >= 4 is 11.9 Å². The fourth-order valence-corrected chi connectivity index (χ4v) is 10.1. The van der Waals surface area contributed by atoms with Crippen LogP contribution in [0.2, 0.25) is 0 Å². The van der Waals surface area contributed by atoms with Crippen molar-refractivity contribution in [3.8, 4) is 0 Å². The van der Waals surface area contributed by atoms with E-state index >= 15 is 0 Å². The quantitative estimate of drug-likeness (QED) is 0.0320. The predicted octanol–water partition coefficient (Wildman–Crippen LogP) is 20.8. The highest BCUT2D eigenvalue weighted by molar-refractivity contribution is 5.76. The van der Waals surface area contributed by atoms with Gasteiger partial charge in [-0.25, -0.2) is 0 Å². The highest BCUT2D eigenvalue weighted by Crippen LogP contribution is 2.17. The Hall–Kier alpha value is -1.92. The molecule has 0 spiro atoms. The van der Waals surface area contributed by atoms with Crippen LogP contribution in [0.15, 0.2) is 36.5 Å². The number of carbonyl (C=O) groups is 2. The van der Waals surface area contributed by atoms with Crippen molar-refractivity contribution in [2.75, 3.05) is 13.2 Å². The molecule has 0 aromatic heterocycles. The number of hydrogen-bond donors (Lipinski definition) is 3. The highest BCUT2D eigenvalue weighted by Gasteiger charge is 2.18. The van der Waals surface area contributed by atoms with Crippen LogP contribution in [-0.4, -0.2) is 47.4 Å². The molecule has 6 nitrogen and oxygen atoms in total. The van der Waals surface area contributed by atoms with Gasteiger partial charge in [0, 0.05) is 12.8 Å². The molecule has 0 heterocycles. The third-order valence-electron chi connectivity index (χ3n) is 15.1. The first-order valence-corrected chi connectivity index (χ1v) is 32.8. The smallest absolute Gasteiger partial charge is 0.305 e. The van der Waals surface area contributed by atoms with Gasteiger partial charge in [-0.05, 0) is 83.5 Å². The van der Waals surface area contributed by atoms with Crippen LogP contribution in [0.5, 0.6) is 0 Å². The number of hydrogen-bond acceptors (Lipinski definition) is 5. The summed E-state index contributed by atoms with van der Waals surface area (Å²) in [7, 11) is 0. The highest BCUT2D eigenvalue weighted by atomic mass is 16.5. The Morgan fingerprint density at radius 3 is 0.973 bits per heavy atom. The molecule has 2 unspecified atom stereocenters. The molecule has 6 heteroatoms. The molecule has 0 aliphatic carbocycles. The van der Waals surface area contributed by atoms with Gasteiger partial charge in [-0.3, -0.25) is 9.59 Å². The molecule has 3 N–H and O–H groups in total. The molecule has 0 saturated carbocycles. The number of allylic oxidation sites excluding steroid dienone is 5. The number of amides is 1. The van der Waals surface area contributed by atoms with Crippen LogP contribution in [-0.2, 0) is 14.3 Å². The standard InChI is InChI=1S/C67H127NO5/c1-3-5-7-9-11-13-15-17-19-20-21-26-29-32-35-39-43-47-51-55-59-65(70)64(63-69)68-66(71)60-56-52-48-44-40-36-33-30-27-24-22-23-25-28-31-34-38-42-46-50-54-58-62-73-67(72)61-57-53-49-45-41-37-18-16-14-12-10-8-6-4-2/h16,18,24,27,55,59,64-65,69-70H,3-15,17,19-23,25-26,28-54,56-58,60-63H2,1-2H3,(H,68,71)/b18-16-,27-24-,59-55+. The molecule has 0 aliphatic heterocycles. The Morgan fingerprint density at radius 1 is 0.370 bits per heavy atom. The Kier molecular flexibility index (Phi) is 61.0. The van der Waals surface area contributed by atoms with E-state index in [1.165, 1.54) is 276 Å². The number of aliphatic hydroxyl groups is 2. The molecule has 0 aromatic rings. The molecular weight excluding hydrogens is 899 g/mol. The summed E-state index contributed by atoms with van der Waals surface area (Å²) in [5, 5.41) is 23.2. The Labute approximate surface area is 455 Å². The minimum absolute atomic E-state index is 0.00108. The van der Waals surface area contributed by atoms with Gasteiger partial charge in [0.25, 0.3) is 0 Å². The Balaban J connectivity index is 3.45. The van der Waals surface area contributed by atoms with Crippen LogP contribution in [0.25, 0.3) is 0 Å². The third-order valence-corrected chi connectivity index (χ3v) is 15.1. The third kappa shape index (κ3) is 59.2. The largest absolute Gasteiger partial charge is 0.466 e. The second-order valence-electron chi connectivity index (χ2n) is 22.4. The Bertz CT molecular complexity index is 1180. The van der Waals surface area contributed by atoms with Gasteiger partial charge in [-0.15, -0.1) is 0 Å². The fraction of sp³-hybridized carbons (Fsp3) is 0.881. The normalized spacial score (nSPS) is 12.8. The molecule has 2 atom stereocenters. The zero-order valence-electron chi connectivity index (χ0n) is 49.1. The maximum absolute atomic E-state index is 12.5. The predicted molar refractivity (Wildman–Crippen MR) is 319 cm³/mol. The van der Waals surface area contributed by atoms with Crippen LogP contribution >= 0.6 is 0 Å². The number of esters is 1. The van der Waals surface area contributed by atoms with E-state index in [-0.39, 0.29) is 18.5 Å². The SMILES string of the molecule is CCCCCCC/C=C\CCCCCCCC(=O)OCCCCCCCCCCCCC/C=C\CCCCCCCCCC(=O)NC(CO)C(O)/C=C/CCCCCCCCCCCCCCCCCCCC. The molecule has 0 aliphatic rings. The van der Waals surface area contributed by atoms with Crippen LogP contribution in [0, 0.1) is 0 Å². The number of ether oxygens (including phenoxy) is 1. The lowest BCUT2D eigenvalue weighted by molar-refractivity contribution is -0.143. The van der Waals surface area contributed by atoms with E-state index in [0.717, 1.165) is 51.4 Å². The van der Waals surface area contributed by atoms with Crippen molar-refractivity contribution in [2.45, 2.75) is 366 Å². The number of rotatable bonds is 61. The first kappa shape index (κ1) is 71.1. The van der Waals surface area contributed by atoms with E-state index in [4.69, 9.17) is 4.74 Å². The summed E-state index contributed by atoms with van der Waals surface area (Å²) in [6, 6.07) is -0.634. The zero-order valence-corrected chi connectivity index (χ0v) is 49.1. The molecule has 0 saturated heterocycles. The lowest BCUT2D eigenvalue weighted by atomic mass is 10.0. The molecule has 0 aromatic carbocycles. The molecule has 0 rings (SSSR count). The molecule has 73 heavy (non-hydrogen) atoms. The minimum atomic E-state index is -0.850. The average Bonchev–Trinajstić information content (AvgIpc) is 3.39. The lowest BCUT2D eigenvalue weighted by Crippen LogP contribution is -2.45. The number of unbranched alkanes of at least 4 members (excludes halogenated alkanes) is 46. The molecule has 430 valence electrons. The van der Waals surface area contributed by atoms with E-state index < -0.39 is 12.1 Å². The van der Waals surface area contributed by atoms with Gasteiger partial charge >= 0.3 is 5.97 Å². The monoisotopic (exact) mass is 1030 g/mol. The van der Waals surface area contributed by atoms with Gasteiger partial charge < -0.3 is 20.3 Å². The summed E-state index contributed by atoms with van der Waals surface area (Å²) >= 11 is 0. The molecule has 1 amide bonds. The van der Waals surface area contributed by atoms with Crippen molar-refractivity contribution in [1.82, 2.24) is 5.32 Å². The van der Waals surface area contributed by atoms with Crippen molar-refractivity contribution < 1.29 is 24.5 Å². The maximum Gasteiger partial charge on any atom is 0.305 e. The van der Waals surface area contributed by atoms with E-state index in [2.05, 4.69) is 43.5 Å². The van der Waals surface area contributed by atoms with Gasteiger partial charge in [0.2, 0.25) is 5.91 Å². The summed E-state index contributed by atoms with van der Waals surface area (Å²) in [4.78, 5) is 24.5. The van der Waals surface area contributed by atoms with Crippen molar-refractivity contribution in [3.05, 3.63) is 36.5 Å². The van der Waals surface area contributed by atoms with E-state index in [1.54, 1.807) is 6.08 Å². The zero-order chi connectivity index (χ0) is 52.9. The molecule has 0 bridgehead atoms. The lowest BCUT2D eigenvalue weighted by Gasteiger charge is -2.20. The summed E-state index contributed by atoms with van der Waals surface area (Å²) < 4.78 is 5.48. The van der Waals surface area contributed by atoms with Crippen LogP contribution in [0.1, 0.15) is 354 Å². The van der Waals surface area contributed by atoms with Gasteiger partial charge in [-0.2, -0.15) is 0 Å². The van der Waals surface area contributed by atoms with Crippen molar-refractivity contribution in [1.29, 1.82) is 0 Å². The van der Waals surface area contributed by atoms with Gasteiger partial charge in [0.15, 0.2) is 0 Å². The summed E-state index contributed by atoms with van der Waals surface area (Å²) in [5.41, 5.74) is 0. The Morgan fingerprint density at radius 2 is 0.644 bits per heavy atom. The first-order chi connectivity index (χ1) is 36.0. The van der Waals surface area contributed by atoms with Crippen LogP contribution in [0.3, 0.4) is 0 Å². The molecule has 0 radical (unpaired) electrons. The number of aliphatic hydroxyl groups excluding tert-OH is 2. The first-order valence-electron chi connectivity index (χ1n) is 32.8. The second kappa shape index (κ2) is 62.6. The van der Waals surface area contributed by atoms with Crippen molar-refractivity contribution in [2.24, 2.45) is 0 Å². The topological polar surface area (TPSA) is 95.9 Å². The van der Waals surface area contributed by atoms with Crippen molar-refractivity contribution in [3.63, 3.8) is 0 Å². The maximum atomic E-state index is 12.5. The number of nitrogens with one attached hydrogen (secondary N) is 1. The van der Waals surface area contributed by atoms with Gasteiger partial charge in [0.05, 0.1) is 25.4 Å². The fourth-order valence-electron chi connectivity index (χ4n) is 10.1. The summed E-state index contributed by atoms with van der Waals surface area (Å²) in [6.45, 7) is 4.91. The summed E-state index contributed by atoms with van der Waals surface area (Å²) in [5.74, 6) is -0.0713. The second-order valence-corrected chi connectivity index (χ2v) is 22.4. The van der Waals surface area contributed by atoms with Gasteiger partial charge in [0.1, 0.15) is 0 Å².